The van der Waals surface area contributed by atoms with Crippen LogP contribution in [0, 0.1) is 5.92 Å². The highest BCUT2D eigenvalue weighted by atomic mass is 32.2. The minimum absolute atomic E-state index is 0.794. The van der Waals surface area contributed by atoms with Crippen LogP contribution < -0.4 is 5.32 Å². The Morgan fingerprint density at radius 3 is 2.79 bits per heavy atom. The van der Waals surface area contributed by atoms with E-state index in [-0.39, 0.29) is 0 Å². The van der Waals surface area contributed by atoms with Gasteiger partial charge in [-0.15, -0.1) is 0 Å². The number of hydrogen-bond acceptors (Lipinski definition) is 3. The molecule has 1 N–H and O–H groups in total. The van der Waals surface area contributed by atoms with E-state index in [1.165, 1.54) is 24.3 Å². The summed E-state index contributed by atoms with van der Waals surface area (Å²) in [6, 6.07) is 10.3. The highest BCUT2D eigenvalue weighted by molar-refractivity contribution is 7.99. The summed E-state index contributed by atoms with van der Waals surface area (Å²) in [6.45, 7) is 1.03. The molecule has 0 unspecified atom stereocenters. The van der Waals surface area contributed by atoms with Gasteiger partial charge < -0.3 is 5.32 Å². The molecule has 0 saturated carbocycles. The Labute approximate surface area is 118 Å². The number of imidazole rings is 1. The zero-order valence-electron chi connectivity index (χ0n) is 11.0. The lowest BCUT2D eigenvalue weighted by molar-refractivity contribution is 0.514. The van der Waals surface area contributed by atoms with Crippen LogP contribution in [0.3, 0.4) is 0 Å². The van der Waals surface area contributed by atoms with Gasteiger partial charge in [-0.1, -0.05) is 18.2 Å². The first kappa shape index (κ1) is 12.6. The van der Waals surface area contributed by atoms with E-state index in [9.17, 15) is 0 Å². The van der Waals surface area contributed by atoms with Gasteiger partial charge in [0.25, 0.3) is 0 Å². The van der Waals surface area contributed by atoms with Crippen molar-refractivity contribution in [2.45, 2.75) is 12.8 Å². The zero-order valence-corrected chi connectivity index (χ0v) is 11.8. The third-order valence-corrected chi connectivity index (χ3v) is 4.61. The van der Waals surface area contributed by atoms with Gasteiger partial charge in [0.2, 0.25) is 5.95 Å². The number of hydrogen-bond donors (Lipinski definition) is 1. The van der Waals surface area contributed by atoms with Gasteiger partial charge in [-0.3, -0.25) is 4.57 Å². The highest BCUT2D eigenvalue weighted by Crippen LogP contribution is 2.23. The quantitative estimate of drug-likeness (QED) is 0.925. The van der Waals surface area contributed by atoms with E-state index < -0.39 is 0 Å². The molecule has 4 heteroatoms. The van der Waals surface area contributed by atoms with Crippen LogP contribution in [0.15, 0.2) is 42.7 Å². The highest BCUT2D eigenvalue weighted by Gasteiger charge is 2.14. The van der Waals surface area contributed by atoms with E-state index in [2.05, 4.69) is 50.9 Å². The van der Waals surface area contributed by atoms with Crippen molar-refractivity contribution >= 4 is 17.7 Å². The van der Waals surface area contributed by atoms with Gasteiger partial charge in [0, 0.05) is 24.6 Å². The normalized spacial score (nSPS) is 16.4. The van der Waals surface area contributed by atoms with E-state index in [0.717, 1.165) is 24.1 Å². The number of para-hydroxylation sites is 1. The second-order valence-electron chi connectivity index (χ2n) is 4.89. The number of rotatable bonds is 4. The summed E-state index contributed by atoms with van der Waals surface area (Å²) in [5.41, 5.74) is 1.15. The molecule has 0 bridgehead atoms. The summed E-state index contributed by atoms with van der Waals surface area (Å²) in [5, 5.41) is 3.50. The maximum atomic E-state index is 4.42. The van der Waals surface area contributed by atoms with Gasteiger partial charge in [-0.05, 0) is 42.4 Å². The zero-order chi connectivity index (χ0) is 12.9. The monoisotopic (exact) mass is 273 g/mol. The molecule has 1 aliphatic rings. The molecule has 1 aromatic heterocycles. The largest absolute Gasteiger partial charge is 0.355 e. The minimum Gasteiger partial charge on any atom is -0.355 e. The van der Waals surface area contributed by atoms with Crippen molar-refractivity contribution < 1.29 is 0 Å². The third kappa shape index (κ3) is 3.13. The molecule has 100 valence electrons. The van der Waals surface area contributed by atoms with Crippen LogP contribution in [0.1, 0.15) is 12.8 Å². The molecule has 2 aromatic rings. The van der Waals surface area contributed by atoms with Crippen molar-refractivity contribution in [1.82, 2.24) is 9.55 Å². The minimum atomic E-state index is 0.794. The predicted octanol–water partition coefficient (Wildman–Crippen LogP) is 3.43. The lowest BCUT2D eigenvalue weighted by atomic mass is 10.0. The molecule has 0 spiro atoms. The molecular formula is C15H19N3S. The number of anilines is 1. The average Bonchev–Trinajstić information content (AvgIpc) is 2.95. The van der Waals surface area contributed by atoms with E-state index in [4.69, 9.17) is 0 Å². The summed E-state index contributed by atoms with van der Waals surface area (Å²) < 4.78 is 2.11. The van der Waals surface area contributed by atoms with Gasteiger partial charge in [0.15, 0.2) is 0 Å². The van der Waals surface area contributed by atoms with Gasteiger partial charge in [-0.25, -0.2) is 4.98 Å². The Morgan fingerprint density at radius 2 is 2.00 bits per heavy atom. The van der Waals surface area contributed by atoms with Crippen molar-refractivity contribution in [3.8, 4) is 5.69 Å². The van der Waals surface area contributed by atoms with Gasteiger partial charge in [-0.2, -0.15) is 11.8 Å². The Bertz CT molecular complexity index is 503. The summed E-state index contributed by atoms with van der Waals surface area (Å²) in [6.07, 6.45) is 6.51. The molecule has 0 atom stereocenters. The van der Waals surface area contributed by atoms with Gasteiger partial charge in [0.05, 0.1) is 0 Å². The number of aromatic nitrogens is 2. The number of nitrogens with one attached hydrogen (secondary N) is 1. The van der Waals surface area contributed by atoms with Crippen LogP contribution in [0.25, 0.3) is 5.69 Å². The summed E-state index contributed by atoms with van der Waals surface area (Å²) >= 11 is 2.07. The fourth-order valence-electron chi connectivity index (χ4n) is 2.42. The van der Waals surface area contributed by atoms with E-state index in [1.807, 2.05) is 18.5 Å². The second kappa shape index (κ2) is 6.15. The molecule has 0 aliphatic carbocycles. The lowest BCUT2D eigenvalue weighted by Crippen LogP contribution is -2.20. The summed E-state index contributed by atoms with van der Waals surface area (Å²) in [5.74, 6) is 4.35. The molecule has 1 aliphatic heterocycles. The molecule has 19 heavy (non-hydrogen) atoms. The van der Waals surface area contributed by atoms with Crippen LogP contribution in [-0.2, 0) is 0 Å². The third-order valence-electron chi connectivity index (χ3n) is 3.56. The fourth-order valence-corrected chi connectivity index (χ4v) is 3.62. The molecular weight excluding hydrogens is 254 g/mol. The first-order valence-electron chi connectivity index (χ1n) is 6.84. The van der Waals surface area contributed by atoms with Crippen LogP contribution in [0.5, 0.6) is 0 Å². The Kier molecular flexibility index (Phi) is 4.08. The number of benzene rings is 1. The summed E-state index contributed by atoms with van der Waals surface area (Å²) in [7, 11) is 0. The van der Waals surface area contributed by atoms with Gasteiger partial charge >= 0.3 is 0 Å². The first-order chi connectivity index (χ1) is 9.43. The van der Waals surface area contributed by atoms with E-state index in [0.29, 0.717) is 0 Å². The van der Waals surface area contributed by atoms with Crippen LogP contribution >= 0.6 is 11.8 Å². The van der Waals surface area contributed by atoms with Crippen molar-refractivity contribution in [2.24, 2.45) is 5.92 Å². The maximum absolute atomic E-state index is 4.42. The fraction of sp³-hybridized carbons (Fsp3) is 0.400. The smallest absolute Gasteiger partial charge is 0.207 e. The lowest BCUT2D eigenvalue weighted by Gasteiger charge is -2.22. The molecule has 2 heterocycles. The standard InChI is InChI=1S/C15H19N3S/c1-2-4-14(5-3-1)18-9-8-16-15(18)17-12-13-6-10-19-11-7-13/h1-5,8-9,13H,6-7,10-12H2,(H,16,17). The average molecular weight is 273 g/mol. The number of thioether (sulfide) groups is 1. The van der Waals surface area contributed by atoms with Crippen molar-refractivity contribution in [3.63, 3.8) is 0 Å². The Hall–Kier alpha value is -1.42. The molecule has 1 fully saturated rings. The van der Waals surface area contributed by atoms with Crippen LogP contribution in [-0.4, -0.2) is 27.6 Å². The van der Waals surface area contributed by atoms with Crippen molar-refractivity contribution in [1.29, 1.82) is 0 Å². The topological polar surface area (TPSA) is 29.9 Å². The Morgan fingerprint density at radius 1 is 1.21 bits per heavy atom. The van der Waals surface area contributed by atoms with E-state index >= 15 is 0 Å². The molecule has 0 radical (unpaired) electrons. The molecule has 1 aromatic carbocycles. The number of nitrogens with zero attached hydrogens (tertiary/aromatic N) is 2. The molecule has 1 saturated heterocycles. The van der Waals surface area contributed by atoms with Crippen LogP contribution in [0.4, 0.5) is 5.95 Å². The maximum Gasteiger partial charge on any atom is 0.207 e. The van der Waals surface area contributed by atoms with Crippen molar-refractivity contribution in [3.05, 3.63) is 42.7 Å². The van der Waals surface area contributed by atoms with Crippen LogP contribution in [0.2, 0.25) is 0 Å². The van der Waals surface area contributed by atoms with Crippen molar-refractivity contribution in [2.75, 3.05) is 23.4 Å². The first-order valence-corrected chi connectivity index (χ1v) is 7.99. The second-order valence-corrected chi connectivity index (χ2v) is 6.12. The summed E-state index contributed by atoms with van der Waals surface area (Å²) in [4.78, 5) is 4.42. The molecule has 3 nitrogen and oxygen atoms in total. The SMILES string of the molecule is c1ccc(-n2ccnc2NCC2CCSCC2)cc1. The molecule has 3 rings (SSSR count). The van der Waals surface area contributed by atoms with Gasteiger partial charge in [0.1, 0.15) is 0 Å². The Balaban J connectivity index is 1.67. The molecule has 0 amide bonds. The predicted molar refractivity (Wildman–Crippen MR) is 82.1 cm³/mol. The van der Waals surface area contributed by atoms with E-state index in [1.54, 1.807) is 0 Å².